The van der Waals surface area contributed by atoms with Crippen LogP contribution in [0.15, 0.2) is 0 Å². The van der Waals surface area contributed by atoms with Gasteiger partial charge in [-0.2, -0.15) is 0 Å². The highest BCUT2D eigenvalue weighted by atomic mass is 16.2. The third-order valence-corrected chi connectivity index (χ3v) is 2.75. The Hall–Kier alpha value is -0.570. The predicted octanol–water partition coefficient (Wildman–Crippen LogP) is 1.76. The SMILES string of the molecule is CCCC(N)C(=O)N(CC(C)C)C1CC1. The first kappa shape index (κ1) is 12.5. The fraction of sp³-hybridized carbons (Fsp3) is 0.917. The van der Waals surface area contributed by atoms with Crippen molar-refractivity contribution < 1.29 is 4.79 Å². The minimum Gasteiger partial charge on any atom is -0.338 e. The molecule has 0 aliphatic heterocycles. The summed E-state index contributed by atoms with van der Waals surface area (Å²) in [5.41, 5.74) is 5.88. The molecule has 1 fully saturated rings. The molecule has 0 radical (unpaired) electrons. The first-order chi connectivity index (χ1) is 7.06. The topological polar surface area (TPSA) is 46.3 Å². The Labute approximate surface area is 93.0 Å². The van der Waals surface area contributed by atoms with Crippen LogP contribution >= 0.6 is 0 Å². The van der Waals surface area contributed by atoms with Crippen molar-refractivity contribution in [3.8, 4) is 0 Å². The second kappa shape index (κ2) is 5.50. The predicted molar refractivity (Wildman–Crippen MR) is 62.5 cm³/mol. The van der Waals surface area contributed by atoms with Crippen LogP contribution in [0.3, 0.4) is 0 Å². The van der Waals surface area contributed by atoms with Crippen molar-refractivity contribution in [2.75, 3.05) is 6.54 Å². The second-order valence-corrected chi connectivity index (χ2v) is 5.01. The van der Waals surface area contributed by atoms with Crippen LogP contribution in [0.1, 0.15) is 46.5 Å². The first-order valence-electron chi connectivity index (χ1n) is 6.12. The molecule has 1 aliphatic rings. The molecule has 0 heterocycles. The smallest absolute Gasteiger partial charge is 0.239 e. The molecule has 1 unspecified atom stereocenters. The van der Waals surface area contributed by atoms with Gasteiger partial charge in [0.25, 0.3) is 0 Å². The van der Waals surface area contributed by atoms with Gasteiger partial charge in [-0.1, -0.05) is 27.2 Å². The molecule has 1 aliphatic carbocycles. The molecule has 1 rings (SSSR count). The van der Waals surface area contributed by atoms with E-state index < -0.39 is 0 Å². The van der Waals surface area contributed by atoms with E-state index in [4.69, 9.17) is 5.73 Å². The summed E-state index contributed by atoms with van der Waals surface area (Å²) in [6, 6.07) is 0.206. The molecule has 0 spiro atoms. The van der Waals surface area contributed by atoms with Gasteiger partial charge in [-0.15, -0.1) is 0 Å². The number of amides is 1. The number of carbonyl (C=O) groups is 1. The summed E-state index contributed by atoms with van der Waals surface area (Å²) >= 11 is 0. The third kappa shape index (κ3) is 3.82. The van der Waals surface area contributed by atoms with Gasteiger partial charge in [0.1, 0.15) is 0 Å². The van der Waals surface area contributed by atoms with Crippen LogP contribution < -0.4 is 5.73 Å². The highest BCUT2D eigenvalue weighted by Gasteiger charge is 2.34. The number of nitrogens with two attached hydrogens (primary N) is 1. The zero-order valence-corrected chi connectivity index (χ0v) is 10.2. The van der Waals surface area contributed by atoms with Crippen molar-refractivity contribution in [2.45, 2.75) is 58.5 Å². The summed E-state index contributed by atoms with van der Waals surface area (Å²) in [4.78, 5) is 14.1. The Kier molecular flexibility index (Phi) is 4.58. The maximum absolute atomic E-state index is 12.1. The van der Waals surface area contributed by atoms with Gasteiger partial charge in [-0.3, -0.25) is 4.79 Å². The van der Waals surface area contributed by atoms with Gasteiger partial charge in [-0.05, 0) is 25.2 Å². The highest BCUT2D eigenvalue weighted by Crippen LogP contribution is 2.28. The molecule has 1 amide bonds. The summed E-state index contributed by atoms with van der Waals surface area (Å²) in [6.07, 6.45) is 4.11. The lowest BCUT2D eigenvalue weighted by molar-refractivity contribution is -0.133. The Morgan fingerprint density at radius 3 is 2.47 bits per heavy atom. The van der Waals surface area contributed by atoms with Gasteiger partial charge in [0.15, 0.2) is 0 Å². The number of hydrogen-bond donors (Lipinski definition) is 1. The van der Waals surface area contributed by atoms with Crippen LogP contribution in [0.4, 0.5) is 0 Å². The van der Waals surface area contributed by atoms with Crippen molar-refractivity contribution in [1.29, 1.82) is 0 Å². The van der Waals surface area contributed by atoms with E-state index in [9.17, 15) is 4.79 Å². The summed E-state index contributed by atoms with van der Waals surface area (Å²) < 4.78 is 0. The average Bonchev–Trinajstić information content (AvgIpc) is 2.96. The van der Waals surface area contributed by atoms with Crippen LogP contribution in [0.5, 0.6) is 0 Å². The molecule has 3 heteroatoms. The van der Waals surface area contributed by atoms with Gasteiger partial charge < -0.3 is 10.6 Å². The standard InChI is InChI=1S/C12H24N2O/c1-4-5-11(13)12(15)14(8-9(2)3)10-6-7-10/h9-11H,4-8,13H2,1-3H3. The minimum atomic E-state index is -0.283. The molecule has 0 saturated heterocycles. The molecular formula is C12H24N2O. The van der Waals surface area contributed by atoms with Crippen LogP contribution in [-0.2, 0) is 4.79 Å². The van der Waals surface area contributed by atoms with E-state index in [1.165, 1.54) is 0 Å². The quantitative estimate of drug-likeness (QED) is 0.729. The molecule has 2 N–H and O–H groups in total. The molecular weight excluding hydrogens is 188 g/mol. The highest BCUT2D eigenvalue weighted by molar-refractivity contribution is 5.82. The molecule has 88 valence electrons. The fourth-order valence-corrected chi connectivity index (χ4v) is 1.85. The first-order valence-corrected chi connectivity index (χ1v) is 6.12. The maximum atomic E-state index is 12.1. The van der Waals surface area contributed by atoms with E-state index in [0.717, 1.165) is 32.2 Å². The van der Waals surface area contributed by atoms with Gasteiger partial charge >= 0.3 is 0 Å². The average molecular weight is 212 g/mol. The molecule has 1 atom stereocenters. The minimum absolute atomic E-state index is 0.160. The van der Waals surface area contributed by atoms with E-state index >= 15 is 0 Å². The van der Waals surface area contributed by atoms with E-state index in [2.05, 4.69) is 20.8 Å². The molecule has 0 bridgehead atoms. The van der Waals surface area contributed by atoms with E-state index in [1.807, 2.05) is 4.90 Å². The summed E-state index contributed by atoms with van der Waals surface area (Å²) in [7, 11) is 0. The van der Waals surface area contributed by atoms with Gasteiger partial charge in [0.05, 0.1) is 6.04 Å². The number of nitrogens with zero attached hydrogens (tertiary/aromatic N) is 1. The maximum Gasteiger partial charge on any atom is 0.239 e. The van der Waals surface area contributed by atoms with Crippen molar-refractivity contribution >= 4 is 5.91 Å². The Bertz CT molecular complexity index is 212. The lowest BCUT2D eigenvalue weighted by Crippen LogP contribution is -2.46. The van der Waals surface area contributed by atoms with Gasteiger partial charge in [0.2, 0.25) is 5.91 Å². The Morgan fingerprint density at radius 1 is 1.47 bits per heavy atom. The van der Waals surface area contributed by atoms with Crippen LogP contribution in [-0.4, -0.2) is 29.4 Å². The van der Waals surface area contributed by atoms with Crippen molar-refractivity contribution in [3.05, 3.63) is 0 Å². The molecule has 0 aromatic heterocycles. The van der Waals surface area contributed by atoms with E-state index in [0.29, 0.717) is 12.0 Å². The zero-order valence-electron chi connectivity index (χ0n) is 10.2. The van der Waals surface area contributed by atoms with Crippen molar-refractivity contribution in [3.63, 3.8) is 0 Å². The van der Waals surface area contributed by atoms with Crippen molar-refractivity contribution in [2.24, 2.45) is 11.7 Å². The number of rotatable bonds is 6. The summed E-state index contributed by atoms with van der Waals surface area (Å²) in [6.45, 7) is 7.22. The normalized spacial score (nSPS) is 17.9. The number of hydrogen-bond acceptors (Lipinski definition) is 2. The monoisotopic (exact) mass is 212 g/mol. The van der Waals surface area contributed by atoms with Gasteiger partial charge in [0, 0.05) is 12.6 Å². The number of carbonyl (C=O) groups excluding carboxylic acids is 1. The lowest BCUT2D eigenvalue weighted by atomic mass is 10.1. The fourth-order valence-electron chi connectivity index (χ4n) is 1.85. The lowest BCUT2D eigenvalue weighted by Gasteiger charge is -2.27. The molecule has 15 heavy (non-hydrogen) atoms. The van der Waals surface area contributed by atoms with Crippen LogP contribution in [0.2, 0.25) is 0 Å². The van der Waals surface area contributed by atoms with Gasteiger partial charge in [-0.25, -0.2) is 0 Å². The molecule has 3 nitrogen and oxygen atoms in total. The summed E-state index contributed by atoms with van der Waals surface area (Å²) in [5.74, 6) is 0.691. The van der Waals surface area contributed by atoms with Crippen molar-refractivity contribution in [1.82, 2.24) is 4.90 Å². The second-order valence-electron chi connectivity index (χ2n) is 5.01. The van der Waals surface area contributed by atoms with E-state index in [1.54, 1.807) is 0 Å². The molecule has 0 aromatic carbocycles. The zero-order chi connectivity index (χ0) is 11.4. The molecule has 1 saturated carbocycles. The Balaban J connectivity index is 2.50. The van der Waals surface area contributed by atoms with E-state index in [-0.39, 0.29) is 11.9 Å². The largest absolute Gasteiger partial charge is 0.338 e. The van der Waals surface area contributed by atoms with Crippen LogP contribution in [0, 0.1) is 5.92 Å². The van der Waals surface area contributed by atoms with Crippen LogP contribution in [0.25, 0.3) is 0 Å². The summed E-state index contributed by atoms with van der Waals surface area (Å²) in [5, 5.41) is 0. The molecule has 0 aromatic rings. The third-order valence-electron chi connectivity index (χ3n) is 2.75. The Morgan fingerprint density at radius 2 is 2.07 bits per heavy atom.